The maximum absolute atomic E-state index is 8.71. The Kier molecular flexibility index (Phi) is 2.44. The average molecular weight is 218 g/mol. The van der Waals surface area contributed by atoms with Crippen molar-refractivity contribution in [2.75, 3.05) is 0 Å². The summed E-state index contributed by atoms with van der Waals surface area (Å²) in [5.74, 6) is 0.863. The van der Waals surface area contributed by atoms with E-state index in [-0.39, 0.29) is 0 Å². The third kappa shape index (κ3) is 1.72. The van der Waals surface area contributed by atoms with Crippen molar-refractivity contribution in [3.05, 3.63) is 47.0 Å². The molecule has 0 radical (unpaired) electrons. The Labute approximate surface area is 92.6 Å². The van der Waals surface area contributed by atoms with E-state index >= 15 is 0 Å². The maximum atomic E-state index is 8.71. The van der Waals surface area contributed by atoms with Crippen LogP contribution in [0.5, 0.6) is 0 Å². The molecular weight excluding hydrogens is 210 g/mol. The first-order valence-electron chi connectivity index (χ1n) is 4.42. The molecule has 0 saturated carbocycles. The molecule has 0 spiro atoms. The summed E-state index contributed by atoms with van der Waals surface area (Å²) in [5.41, 5.74) is 1.40. The predicted molar refractivity (Wildman–Crippen MR) is 58.0 cm³/mol. The fraction of sp³-hybridized carbons (Fsp3) is 0.0909. The van der Waals surface area contributed by atoms with E-state index in [1.165, 1.54) is 0 Å². The first kappa shape index (κ1) is 9.75. The highest BCUT2D eigenvalue weighted by atomic mass is 35.5. The number of nitriles is 1. The smallest absolute Gasteiger partial charge is 0.110 e. The minimum atomic E-state index is 0.551. The van der Waals surface area contributed by atoms with Gasteiger partial charge in [-0.1, -0.05) is 11.6 Å². The number of nitrogens with zero attached hydrogens (tertiary/aromatic N) is 3. The highest BCUT2D eigenvalue weighted by molar-refractivity contribution is 6.32. The van der Waals surface area contributed by atoms with Gasteiger partial charge in [-0.05, 0) is 25.1 Å². The Hall–Kier alpha value is -1.79. The van der Waals surface area contributed by atoms with Crippen molar-refractivity contribution in [1.29, 1.82) is 5.26 Å². The normalized spacial score (nSPS) is 9.93. The minimum Gasteiger partial charge on any atom is -0.302 e. The molecule has 2 aromatic rings. The molecule has 0 saturated heterocycles. The van der Waals surface area contributed by atoms with Crippen LogP contribution in [-0.4, -0.2) is 9.55 Å². The summed E-state index contributed by atoms with van der Waals surface area (Å²) >= 11 is 6.07. The van der Waals surface area contributed by atoms with Gasteiger partial charge in [-0.25, -0.2) is 4.98 Å². The Morgan fingerprint density at radius 1 is 1.47 bits per heavy atom. The first-order chi connectivity index (χ1) is 7.22. The SMILES string of the molecule is Cc1nccn1-c1ccc(C#N)cc1Cl. The molecule has 1 aromatic heterocycles. The number of aromatic nitrogens is 2. The van der Waals surface area contributed by atoms with Crippen LogP contribution in [0, 0.1) is 18.3 Å². The number of aryl methyl sites for hydroxylation is 1. The molecule has 0 aliphatic heterocycles. The zero-order valence-electron chi connectivity index (χ0n) is 8.11. The summed E-state index contributed by atoms with van der Waals surface area (Å²) in [6.07, 6.45) is 3.55. The Balaban J connectivity index is 2.56. The molecule has 0 bridgehead atoms. The summed E-state index contributed by atoms with van der Waals surface area (Å²) < 4.78 is 1.88. The zero-order chi connectivity index (χ0) is 10.8. The molecule has 3 nitrogen and oxygen atoms in total. The second kappa shape index (κ2) is 3.76. The Morgan fingerprint density at radius 2 is 2.27 bits per heavy atom. The predicted octanol–water partition coefficient (Wildman–Crippen LogP) is 2.71. The maximum Gasteiger partial charge on any atom is 0.110 e. The molecule has 1 aromatic carbocycles. The van der Waals surface area contributed by atoms with Gasteiger partial charge in [-0.2, -0.15) is 5.26 Å². The van der Waals surface area contributed by atoms with Gasteiger partial charge in [0.05, 0.1) is 22.3 Å². The van der Waals surface area contributed by atoms with Crippen LogP contribution in [0.2, 0.25) is 5.02 Å². The van der Waals surface area contributed by atoms with E-state index in [0.29, 0.717) is 10.6 Å². The van der Waals surface area contributed by atoms with Crippen molar-refractivity contribution >= 4 is 11.6 Å². The van der Waals surface area contributed by atoms with E-state index in [0.717, 1.165) is 11.5 Å². The van der Waals surface area contributed by atoms with Gasteiger partial charge in [-0.3, -0.25) is 0 Å². The van der Waals surface area contributed by atoms with Crippen LogP contribution in [0.15, 0.2) is 30.6 Å². The van der Waals surface area contributed by atoms with Crippen molar-refractivity contribution in [3.63, 3.8) is 0 Å². The molecule has 0 aliphatic carbocycles. The van der Waals surface area contributed by atoms with Crippen LogP contribution in [0.25, 0.3) is 5.69 Å². The van der Waals surface area contributed by atoms with Crippen molar-refractivity contribution in [3.8, 4) is 11.8 Å². The van der Waals surface area contributed by atoms with Gasteiger partial charge in [0.2, 0.25) is 0 Å². The van der Waals surface area contributed by atoms with E-state index in [9.17, 15) is 0 Å². The number of hydrogen-bond donors (Lipinski definition) is 0. The zero-order valence-corrected chi connectivity index (χ0v) is 8.86. The summed E-state index contributed by atoms with van der Waals surface area (Å²) in [6.45, 7) is 1.90. The lowest BCUT2D eigenvalue weighted by molar-refractivity contribution is 0.975. The summed E-state index contributed by atoms with van der Waals surface area (Å²) in [4.78, 5) is 4.12. The van der Waals surface area contributed by atoms with E-state index in [2.05, 4.69) is 4.98 Å². The standard InChI is InChI=1S/C11H8ClN3/c1-8-14-4-5-15(8)11-3-2-9(7-13)6-10(11)12/h2-6H,1H3. The summed E-state index contributed by atoms with van der Waals surface area (Å²) in [6, 6.07) is 7.25. The van der Waals surface area contributed by atoms with Gasteiger partial charge in [0, 0.05) is 12.4 Å². The third-order valence-electron chi connectivity index (χ3n) is 2.16. The van der Waals surface area contributed by atoms with E-state index < -0.39 is 0 Å². The van der Waals surface area contributed by atoms with Crippen LogP contribution in [0.3, 0.4) is 0 Å². The Morgan fingerprint density at radius 3 is 2.80 bits per heavy atom. The Bertz CT molecular complexity index is 537. The number of halogens is 1. The molecular formula is C11H8ClN3. The van der Waals surface area contributed by atoms with E-state index in [1.54, 1.807) is 18.3 Å². The van der Waals surface area contributed by atoms with Crippen LogP contribution in [0.4, 0.5) is 0 Å². The molecule has 1 heterocycles. The molecule has 0 aliphatic rings. The fourth-order valence-electron chi connectivity index (χ4n) is 1.40. The number of benzene rings is 1. The van der Waals surface area contributed by atoms with E-state index in [1.807, 2.05) is 29.8 Å². The van der Waals surface area contributed by atoms with Crippen LogP contribution in [-0.2, 0) is 0 Å². The van der Waals surface area contributed by atoms with Crippen molar-refractivity contribution < 1.29 is 0 Å². The van der Waals surface area contributed by atoms with E-state index in [4.69, 9.17) is 16.9 Å². The highest BCUT2D eigenvalue weighted by Crippen LogP contribution is 2.22. The molecule has 0 atom stereocenters. The molecule has 0 fully saturated rings. The van der Waals surface area contributed by atoms with Gasteiger partial charge in [0.1, 0.15) is 5.82 Å². The molecule has 0 unspecified atom stereocenters. The van der Waals surface area contributed by atoms with Crippen molar-refractivity contribution in [2.45, 2.75) is 6.92 Å². The molecule has 0 amide bonds. The van der Waals surface area contributed by atoms with Crippen LogP contribution < -0.4 is 0 Å². The number of imidazole rings is 1. The molecule has 15 heavy (non-hydrogen) atoms. The van der Waals surface area contributed by atoms with Crippen LogP contribution >= 0.6 is 11.6 Å². The third-order valence-corrected chi connectivity index (χ3v) is 2.46. The van der Waals surface area contributed by atoms with Crippen LogP contribution in [0.1, 0.15) is 11.4 Å². The number of hydrogen-bond acceptors (Lipinski definition) is 2. The van der Waals surface area contributed by atoms with Gasteiger partial charge in [0.25, 0.3) is 0 Å². The summed E-state index contributed by atoms with van der Waals surface area (Å²) in [5, 5.41) is 9.26. The summed E-state index contributed by atoms with van der Waals surface area (Å²) in [7, 11) is 0. The topological polar surface area (TPSA) is 41.6 Å². The molecule has 2 rings (SSSR count). The molecule has 0 N–H and O–H groups in total. The lowest BCUT2D eigenvalue weighted by atomic mass is 10.2. The number of rotatable bonds is 1. The average Bonchev–Trinajstić information content (AvgIpc) is 2.64. The van der Waals surface area contributed by atoms with Crippen molar-refractivity contribution in [2.24, 2.45) is 0 Å². The van der Waals surface area contributed by atoms with Gasteiger partial charge < -0.3 is 4.57 Å². The molecule has 74 valence electrons. The second-order valence-corrected chi connectivity index (χ2v) is 3.53. The highest BCUT2D eigenvalue weighted by Gasteiger charge is 2.05. The quantitative estimate of drug-likeness (QED) is 0.737. The second-order valence-electron chi connectivity index (χ2n) is 3.12. The fourth-order valence-corrected chi connectivity index (χ4v) is 1.68. The van der Waals surface area contributed by atoms with Gasteiger partial charge in [-0.15, -0.1) is 0 Å². The minimum absolute atomic E-state index is 0.551. The first-order valence-corrected chi connectivity index (χ1v) is 4.80. The lowest BCUT2D eigenvalue weighted by Gasteiger charge is -2.07. The monoisotopic (exact) mass is 217 g/mol. The van der Waals surface area contributed by atoms with Gasteiger partial charge in [0.15, 0.2) is 0 Å². The van der Waals surface area contributed by atoms with Gasteiger partial charge >= 0.3 is 0 Å². The lowest BCUT2D eigenvalue weighted by Crippen LogP contribution is -1.96. The molecule has 4 heteroatoms. The van der Waals surface area contributed by atoms with Crippen molar-refractivity contribution in [1.82, 2.24) is 9.55 Å². The largest absolute Gasteiger partial charge is 0.302 e.